The van der Waals surface area contributed by atoms with Gasteiger partial charge in [0.05, 0.1) is 5.03 Å². The molecule has 134 valence electrons. The quantitative estimate of drug-likeness (QED) is 0.701. The van der Waals surface area contributed by atoms with Gasteiger partial charge in [0.1, 0.15) is 0 Å². The molecule has 0 aliphatic heterocycles. The molecule has 2 atom stereocenters. The van der Waals surface area contributed by atoms with Crippen LogP contribution in [0, 0.1) is 12.8 Å². The summed E-state index contributed by atoms with van der Waals surface area (Å²) in [5.74, 6) is 2.45. The maximum absolute atomic E-state index is 5.99. The lowest BCUT2D eigenvalue weighted by Crippen LogP contribution is -2.18. The zero-order valence-corrected chi connectivity index (χ0v) is 16.3. The van der Waals surface area contributed by atoms with Crippen LogP contribution in [0.5, 0.6) is 0 Å². The van der Waals surface area contributed by atoms with Crippen molar-refractivity contribution in [3.8, 4) is 0 Å². The number of thioether (sulfide) groups is 1. The Morgan fingerprint density at radius 3 is 2.88 bits per heavy atom. The number of hydrogen-bond acceptors (Lipinski definition) is 3. The molecule has 2 unspecified atom stereocenters. The SMILES string of the molecule is CCCC(CN)c1ccc2c(c1)CCC(CSc1cccc(C)n1)C2. The topological polar surface area (TPSA) is 38.9 Å². The average molecular weight is 355 g/mol. The molecular formula is C22H30N2S. The van der Waals surface area contributed by atoms with Crippen molar-refractivity contribution in [2.24, 2.45) is 11.7 Å². The minimum absolute atomic E-state index is 0.524. The average Bonchev–Trinajstić information content (AvgIpc) is 2.64. The molecule has 0 radical (unpaired) electrons. The first-order valence-corrected chi connectivity index (χ1v) is 10.6. The van der Waals surface area contributed by atoms with E-state index in [0.717, 1.165) is 23.2 Å². The van der Waals surface area contributed by atoms with Gasteiger partial charge in [-0.1, -0.05) is 37.6 Å². The van der Waals surface area contributed by atoms with Crippen LogP contribution in [0.1, 0.15) is 54.5 Å². The summed E-state index contributed by atoms with van der Waals surface area (Å²) >= 11 is 1.91. The summed E-state index contributed by atoms with van der Waals surface area (Å²) in [5.41, 5.74) is 11.6. The van der Waals surface area contributed by atoms with Crippen LogP contribution >= 0.6 is 11.8 Å². The minimum Gasteiger partial charge on any atom is -0.330 e. The first kappa shape index (κ1) is 18.5. The summed E-state index contributed by atoms with van der Waals surface area (Å²) in [7, 11) is 0. The van der Waals surface area contributed by atoms with E-state index in [2.05, 4.69) is 55.2 Å². The van der Waals surface area contributed by atoms with Crippen LogP contribution in [0.3, 0.4) is 0 Å². The number of nitrogens with zero attached hydrogens (tertiary/aromatic N) is 1. The Morgan fingerprint density at radius 2 is 2.12 bits per heavy atom. The van der Waals surface area contributed by atoms with Crippen LogP contribution in [-0.2, 0) is 12.8 Å². The van der Waals surface area contributed by atoms with Crippen molar-refractivity contribution in [1.29, 1.82) is 0 Å². The van der Waals surface area contributed by atoms with Gasteiger partial charge in [-0.15, -0.1) is 11.8 Å². The summed E-state index contributed by atoms with van der Waals surface area (Å²) < 4.78 is 0. The molecule has 1 aromatic heterocycles. The summed E-state index contributed by atoms with van der Waals surface area (Å²) in [6.45, 7) is 5.06. The van der Waals surface area contributed by atoms with Gasteiger partial charge in [0.15, 0.2) is 0 Å². The Hall–Kier alpha value is -1.32. The number of rotatable bonds is 7. The molecule has 0 bridgehead atoms. The normalized spacial score (nSPS) is 18.0. The highest BCUT2D eigenvalue weighted by molar-refractivity contribution is 7.99. The van der Waals surface area contributed by atoms with E-state index >= 15 is 0 Å². The number of aryl methyl sites for hydroxylation is 2. The van der Waals surface area contributed by atoms with Gasteiger partial charge in [-0.25, -0.2) is 4.98 Å². The fraction of sp³-hybridized carbons (Fsp3) is 0.500. The van der Waals surface area contributed by atoms with Crippen molar-refractivity contribution in [2.45, 2.75) is 56.9 Å². The maximum Gasteiger partial charge on any atom is 0.0963 e. The van der Waals surface area contributed by atoms with E-state index in [9.17, 15) is 0 Å². The zero-order valence-electron chi connectivity index (χ0n) is 15.5. The lowest BCUT2D eigenvalue weighted by Gasteiger charge is -2.26. The molecule has 0 amide bonds. The zero-order chi connectivity index (χ0) is 17.6. The molecule has 0 saturated heterocycles. The standard InChI is InChI=1S/C22H30N2S/c1-3-5-21(14-23)20-11-10-18-12-17(8-9-19(18)13-20)15-25-22-7-4-6-16(2)24-22/h4,6-7,10-11,13,17,21H,3,5,8-9,12,14-15,23H2,1-2H3. The van der Waals surface area contributed by atoms with Crippen LogP contribution in [0.2, 0.25) is 0 Å². The van der Waals surface area contributed by atoms with E-state index in [1.807, 2.05) is 11.8 Å². The maximum atomic E-state index is 5.99. The molecular weight excluding hydrogens is 324 g/mol. The van der Waals surface area contributed by atoms with E-state index in [-0.39, 0.29) is 0 Å². The van der Waals surface area contributed by atoms with E-state index < -0.39 is 0 Å². The molecule has 1 aliphatic carbocycles. The molecule has 2 N–H and O–H groups in total. The third kappa shape index (κ3) is 4.86. The number of pyridine rings is 1. The predicted octanol–water partition coefficient (Wildman–Crippen LogP) is 5.13. The van der Waals surface area contributed by atoms with E-state index in [1.165, 1.54) is 43.4 Å². The fourth-order valence-corrected chi connectivity index (χ4v) is 4.89. The van der Waals surface area contributed by atoms with Crippen molar-refractivity contribution in [1.82, 2.24) is 4.98 Å². The molecule has 1 aromatic carbocycles. The third-order valence-corrected chi connectivity index (χ3v) is 6.44. The smallest absolute Gasteiger partial charge is 0.0963 e. The number of hydrogen-bond donors (Lipinski definition) is 1. The summed E-state index contributed by atoms with van der Waals surface area (Å²) in [6, 6.07) is 13.4. The van der Waals surface area contributed by atoms with E-state index in [0.29, 0.717) is 5.92 Å². The Morgan fingerprint density at radius 1 is 1.24 bits per heavy atom. The lowest BCUT2D eigenvalue weighted by molar-refractivity contribution is 0.508. The summed E-state index contributed by atoms with van der Waals surface area (Å²) in [6.07, 6.45) is 6.09. The largest absolute Gasteiger partial charge is 0.330 e. The highest BCUT2D eigenvalue weighted by atomic mass is 32.2. The molecule has 3 rings (SSSR count). The van der Waals surface area contributed by atoms with Crippen molar-refractivity contribution in [3.63, 3.8) is 0 Å². The van der Waals surface area contributed by atoms with Crippen molar-refractivity contribution in [3.05, 3.63) is 58.8 Å². The second kappa shape index (κ2) is 8.86. The summed E-state index contributed by atoms with van der Waals surface area (Å²) in [4.78, 5) is 4.61. The predicted molar refractivity (Wildman–Crippen MR) is 108 cm³/mol. The summed E-state index contributed by atoms with van der Waals surface area (Å²) in [5, 5.41) is 1.16. The van der Waals surface area contributed by atoms with Gasteiger partial charge in [-0.3, -0.25) is 0 Å². The lowest BCUT2D eigenvalue weighted by atomic mass is 9.82. The Labute approximate surface area is 156 Å². The second-order valence-electron chi connectivity index (χ2n) is 7.29. The molecule has 0 spiro atoms. The van der Waals surface area contributed by atoms with Crippen molar-refractivity contribution >= 4 is 11.8 Å². The molecule has 2 aromatic rings. The molecule has 0 fully saturated rings. The number of fused-ring (bicyclic) bond motifs is 1. The molecule has 25 heavy (non-hydrogen) atoms. The Balaban J connectivity index is 1.61. The van der Waals surface area contributed by atoms with Gasteiger partial charge in [0.2, 0.25) is 0 Å². The Bertz CT molecular complexity index is 698. The van der Waals surface area contributed by atoms with E-state index in [1.54, 1.807) is 11.1 Å². The van der Waals surface area contributed by atoms with E-state index in [4.69, 9.17) is 5.73 Å². The van der Waals surface area contributed by atoms with Crippen LogP contribution in [0.4, 0.5) is 0 Å². The number of benzene rings is 1. The fourth-order valence-electron chi connectivity index (χ4n) is 3.82. The van der Waals surface area contributed by atoms with Gasteiger partial charge >= 0.3 is 0 Å². The minimum atomic E-state index is 0.524. The second-order valence-corrected chi connectivity index (χ2v) is 8.33. The molecule has 2 nitrogen and oxygen atoms in total. The monoisotopic (exact) mass is 354 g/mol. The molecule has 1 heterocycles. The first-order chi connectivity index (χ1) is 12.2. The van der Waals surface area contributed by atoms with Crippen LogP contribution in [0.25, 0.3) is 0 Å². The Kier molecular flexibility index (Phi) is 6.55. The van der Waals surface area contributed by atoms with Crippen LogP contribution < -0.4 is 5.73 Å². The van der Waals surface area contributed by atoms with Gasteiger partial charge < -0.3 is 5.73 Å². The van der Waals surface area contributed by atoms with Gasteiger partial charge in [-0.2, -0.15) is 0 Å². The van der Waals surface area contributed by atoms with Gasteiger partial charge in [-0.05, 0) is 79.8 Å². The number of nitrogens with two attached hydrogens (primary N) is 1. The third-order valence-electron chi connectivity index (χ3n) is 5.28. The van der Waals surface area contributed by atoms with Crippen molar-refractivity contribution in [2.75, 3.05) is 12.3 Å². The highest BCUT2D eigenvalue weighted by Crippen LogP contribution is 2.32. The highest BCUT2D eigenvalue weighted by Gasteiger charge is 2.20. The molecule has 0 saturated carbocycles. The van der Waals surface area contributed by atoms with Gasteiger partial charge in [0.25, 0.3) is 0 Å². The van der Waals surface area contributed by atoms with Gasteiger partial charge in [0, 0.05) is 11.4 Å². The van der Waals surface area contributed by atoms with Crippen LogP contribution in [-0.4, -0.2) is 17.3 Å². The molecule has 1 aliphatic rings. The van der Waals surface area contributed by atoms with Crippen LogP contribution in [0.15, 0.2) is 41.4 Å². The van der Waals surface area contributed by atoms with Crippen molar-refractivity contribution < 1.29 is 0 Å². The number of aromatic nitrogens is 1. The molecule has 3 heteroatoms. The first-order valence-electron chi connectivity index (χ1n) is 9.57.